The van der Waals surface area contributed by atoms with Crippen molar-refractivity contribution in [2.24, 2.45) is 0 Å². The summed E-state index contributed by atoms with van der Waals surface area (Å²) in [4.78, 5) is 10.3. The Kier molecular flexibility index (Phi) is 4.91. The molecule has 11 heteroatoms. The Morgan fingerprint density at radius 2 is 2.22 bits per heavy atom. The number of sulfonamides is 1. The summed E-state index contributed by atoms with van der Waals surface area (Å²) in [5.74, 6) is -1.94. The highest BCUT2D eigenvalue weighted by atomic mass is 32.2. The predicted molar refractivity (Wildman–Crippen MR) is 75.1 cm³/mol. The van der Waals surface area contributed by atoms with Crippen molar-refractivity contribution in [2.45, 2.75) is 11.4 Å². The second-order valence-corrected chi connectivity index (χ2v) is 6.10. The van der Waals surface area contributed by atoms with Crippen LogP contribution in [0.1, 0.15) is 10.5 Å². The van der Waals surface area contributed by atoms with Crippen LogP contribution in [0.4, 0.5) is 4.39 Å². The van der Waals surface area contributed by atoms with E-state index in [1.165, 1.54) is 24.1 Å². The van der Waals surface area contributed by atoms with Gasteiger partial charge < -0.3 is 9.84 Å². The normalized spacial score (nSPS) is 11.4. The van der Waals surface area contributed by atoms with E-state index in [-0.39, 0.29) is 29.4 Å². The van der Waals surface area contributed by atoms with Crippen LogP contribution in [-0.2, 0) is 16.6 Å². The molecule has 0 aliphatic heterocycles. The van der Waals surface area contributed by atoms with Gasteiger partial charge in [-0.25, -0.2) is 22.3 Å². The van der Waals surface area contributed by atoms with Crippen molar-refractivity contribution in [2.75, 3.05) is 13.7 Å². The van der Waals surface area contributed by atoms with Gasteiger partial charge in [0.05, 0.1) is 19.9 Å². The zero-order valence-electron chi connectivity index (χ0n) is 11.9. The molecule has 0 atom stereocenters. The van der Waals surface area contributed by atoms with E-state index < -0.39 is 21.8 Å². The molecule has 0 fully saturated rings. The SMILES string of the molecule is COc1ccc(F)cc1S(=O)(=O)NCCn1cc(C(=O)O)nn1. The molecular formula is C12H13FN4O5S. The first kappa shape index (κ1) is 16.8. The molecule has 0 saturated heterocycles. The Bertz CT molecular complexity index is 821. The third-order valence-electron chi connectivity index (χ3n) is 2.81. The maximum absolute atomic E-state index is 13.3. The molecule has 124 valence electrons. The molecule has 1 aromatic carbocycles. The van der Waals surface area contributed by atoms with Crippen molar-refractivity contribution < 1.29 is 27.4 Å². The summed E-state index contributed by atoms with van der Waals surface area (Å²) in [5, 5.41) is 15.6. The van der Waals surface area contributed by atoms with Gasteiger partial charge in [0.1, 0.15) is 16.5 Å². The molecule has 0 aliphatic rings. The zero-order chi connectivity index (χ0) is 17.0. The molecule has 0 saturated carbocycles. The molecular weight excluding hydrogens is 331 g/mol. The molecule has 2 aromatic rings. The lowest BCUT2D eigenvalue weighted by molar-refractivity contribution is 0.0690. The van der Waals surface area contributed by atoms with Crippen LogP contribution in [0.3, 0.4) is 0 Å². The quantitative estimate of drug-likeness (QED) is 0.730. The monoisotopic (exact) mass is 344 g/mol. The van der Waals surface area contributed by atoms with Crippen molar-refractivity contribution in [3.05, 3.63) is 35.9 Å². The molecule has 1 heterocycles. The maximum Gasteiger partial charge on any atom is 0.358 e. The fourth-order valence-electron chi connectivity index (χ4n) is 1.74. The topological polar surface area (TPSA) is 123 Å². The number of hydrogen-bond donors (Lipinski definition) is 2. The molecule has 23 heavy (non-hydrogen) atoms. The van der Waals surface area contributed by atoms with Crippen LogP contribution < -0.4 is 9.46 Å². The van der Waals surface area contributed by atoms with E-state index in [1.807, 2.05) is 0 Å². The number of methoxy groups -OCH3 is 1. The van der Waals surface area contributed by atoms with Crippen LogP contribution in [0, 0.1) is 5.82 Å². The van der Waals surface area contributed by atoms with Crippen molar-refractivity contribution in [3.63, 3.8) is 0 Å². The molecule has 0 radical (unpaired) electrons. The summed E-state index contributed by atoms with van der Waals surface area (Å²) < 4.78 is 45.9. The van der Waals surface area contributed by atoms with Gasteiger partial charge >= 0.3 is 5.97 Å². The minimum Gasteiger partial charge on any atom is -0.495 e. The van der Waals surface area contributed by atoms with E-state index in [1.54, 1.807) is 0 Å². The highest BCUT2D eigenvalue weighted by Crippen LogP contribution is 2.23. The van der Waals surface area contributed by atoms with Gasteiger partial charge in [0.15, 0.2) is 5.69 Å². The number of carbonyl (C=O) groups is 1. The Hall–Kier alpha value is -2.53. The largest absolute Gasteiger partial charge is 0.495 e. The van der Waals surface area contributed by atoms with Gasteiger partial charge in [-0.05, 0) is 18.2 Å². The number of ether oxygens (including phenoxy) is 1. The van der Waals surface area contributed by atoms with E-state index >= 15 is 0 Å². The van der Waals surface area contributed by atoms with Gasteiger partial charge in [0.25, 0.3) is 0 Å². The minimum absolute atomic E-state index is 0.00724. The van der Waals surface area contributed by atoms with Gasteiger partial charge in [0.2, 0.25) is 10.0 Å². The van der Waals surface area contributed by atoms with E-state index in [2.05, 4.69) is 15.0 Å². The van der Waals surface area contributed by atoms with Crippen LogP contribution in [0.15, 0.2) is 29.3 Å². The van der Waals surface area contributed by atoms with Gasteiger partial charge in [-0.3, -0.25) is 4.68 Å². The van der Waals surface area contributed by atoms with Crippen LogP contribution in [0.2, 0.25) is 0 Å². The average molecular weight is 344 g/mol. The number of nitrogens with zero attached hydrogens (tertiary/aromatic N) is 3. The Morgan fingerprint density at radius 1 is 1.48 bits per heavy atom. The molecule has 1 aromatic heterocycles. The maximum atomic E-state index is 13.3. The fourth-order valence-corrected chi connectivity index (χ4v) is 2.94. The van der Waals surface area contributed by atoms with E-state index in [0.29, 0.717) is 0 Å². The Morgan fingerprint density at radius 3 is 2.83 bits per heavy atom. The van der Waals surface area contributed by atoms with Gasteiger partial charge in [0, 0.05) is 6.54 Å². The summed E-state index contributed by atoms with van der Waals surface area (Å²) in [7, 11) is -2.73. The smallest absolute Gasteiger partial charge is 0.358 e. The number of aromatic nitrogens is 3. The van der Waals surface area contributed by atoms with Crippen molar-refractivity contribution >= 4 is 16.0 Å². The number of benzene rings is 1. The molecule has 0 unspecified atom stereocenters. The van der Waals surface area contributed by atoms with Crippen LogP contribution in [0.5, 0.6) is 5.75 Å². The second kappa shape index (κ2) is 6.71. The number of nitrogens with one attached hydrogen (secondary N) is 1. The Balaban J connectivity index is 2.07. The molecule has 9 nitrogen and oxygen atoms in total. The first-order valence-electron chi connectivity index (χ1n) is 6.30. The van der Waals surface area contributed by atoms with Crippen LogP contribution in [-0.4, -0.2) is 48.1 Å². The highest BCUT2D eigenvalue weighted by molar-refractivity contribution is 7.89. The minimum atomic E-state index is -4.00. The lowest BCUT2D eigenvalue weighted by atomic mass is 10.3. The first-order chi connectivity index (χ1) is 10.8. The number of carboxylic acid groups (broad SMARTS) is 1. The fraction of sp³-hybridized carbons (Fsp3) is 0.250. The molecule has 0 bridgehead atoms. The van der Waals surface area contributed by atoms with Crippen LogP contribution in [0.25, 0.3) is 0 Å². The van der Waals surface area contributed by atoms with Gasteiger partial charge in [-0.15, -0.1) is 5.10 Å². The van der Waals surface area contributed by atoms with Gasteiger partial charge in [-0.1, -0.05) is 5.21 Å². The number of aromatic carboxylic acids is 1. The summed E-state index contributed by atoms with van der Waals surface area (Å²) in [5.41, 5.74) is -0.250. The second-order valence-electron chi connectivity index (χ2n) is 4.36. The molecule has 0 amide bonds. The van der Waals surface area contributed by atoms with Crippen LogP contribution >= 0.6 is 0 Å². The van der Waals surface area contributed by atoms with Crippen molar-refractivity contribution in [1.82, 2.24) is 19.7 Å². The van der Waals surface area contributed by atoms with Crippen molar-refractivity contribution in [1.29, 1.82) is 0 Å². The first-order valence-corrected chi connectivity index (χ1v) is 7.78. The molecule has 2 rings (SSSR count). The molecule has 2 N–H and O–H groups in total. The predicted octanol–water partition coefficient (Wildman–Crippen LogP) is 0.102. The summed E-state index contributed by atoms with van der Waals surface area (Å²) in [6.07, 6.45) is 1.17. The summed E-state index contributed by atoms with van der Waals surface area (Å²) in [6, 6.07) is 3.14. The number of halogens is 1. The lowest BCUT2D eigenvalue weighted by Gasteiger charge is -2.10. The average Bonchev–Trinajstić information content (AvgIpc) is 2.96. The third-order valence-corrected chi connectivity index (χ3v) is 4.29. The standard InChI is InChI=1S/C12H13FN4O5S/c1-22-10-3-2-8(13)6-11(10)23(20,21)14-4-5-17-7-9(12(18)19)15-16-17/h2-3,6-7,14H,4-5H2,1H3,(H,18,19). The molecule has 0 spiro atoms. The van der Waals surface area contributed by atoms with E-state index in [4.69, 9.17) is 9.84 Å². The highest BCUT2D eigenvalue weighted by Gasteiger charge is 2.20. The summed E-state index contributed by atoms with van der Waals surface area (Å²) >= 11 is 0. The molecule has 0 aliphatic carbocycles. The zero-order valence-corrected chi connectivity index (χ0v) is 12.7. The van der Waals surface area contributed by atoms with E-state index in [9.17, 15) is 17.6 Å². The number of rotatable bonds is 7. The van der Waals surface area contributed by atoms with Crippen molar-refractivity contribution in [3.8, 4) is 5.75 Å². The summed E-state index contributed by atoms with van der Waals surface area (Å²) in [6.45, 7) is -0.0401. The van der Waals surface area contributed by atoms with E-state index in [0.717, 1.165) is 12.1 Å². The van der Waals surface area contributed by atoms with Gasteiger partial charge in [-0.2, -0.15) is 0 Å². The third kappa shape index (κ3) is 4.02. The number of hydrogen-bond acceptors (Lipinski definition) is 6. The number of carboxylic acids is 1. The Labute approximate surface area is 130 Å². The lowest BCUT2D eigenvalue weighted by Crippen LogP contribution is -2.28.